The molecule has 2 atom stereocenters. The molecular weight excluding hydrogens is 1020 g/mol. The van der Waals surface area contributed by atoms with Gasteiger partial charge in [-0.15, -0.1) is 0 Å². The van der Waals surface area contributed by atoms with Gasteiger partial charge in [-0.1, -0.05) is 12.1 Å². The molecule has 20 nitrogen and oxygen atoms in total. The van der Waals surface area contributed by atoms with E-state index in [1.165, 1.54) is 41.1 Å². The SMILES string of the molecule is Cc1cc(Oc2ccccc2F)ccc1-n1ncc(C(=O)c2cc3cc(OCCN4CC(C)N(C(=O)OC(C)(C)C)C(C)C4)c(NC(=O)OC(C)(C)C)cc3n2C(=O)OC(C)(C)C)c1N(C(=O)OC(C)(C)C)C(=O)OC(C)(C)C. The lowest BCUT2D eigenvalue weighted by molar-refractivity contribution is -0.0164. The van der Waals surface area contributed by atoms with E-state index in [9.17, 15) is 28.4 Å². The fraction of sp³-hybridized carbons (Fsp3) is 0.500. The van der Waals surface area contributed by atoms with E-state index in [-0.39, 0.29) is 69.5 Å². The van der Waals surface area contributed by atoms with Crippen molar-refractivity contribution in [3.8, 4) is 22.9 Å². The van der Waals surface area contributed by atoms with Crippen LogP contribution in [0.25, 0.3) is 16.6 Å². The Morgan fingerprint density at radius 1 is 0.684 bits per heavy atom. The van der Waals surface area contributed by atoms with E-state index in [0.717, 1.165) is 10.8 Å². The lowest BCUT2D eigenvalue weighted by Gasteiger charge is -2.44. The van der Waals surface area contributed by atoms with Crippen LogP contribution in [0.15, 0.2) is 66.9 Å². The monoisotopic (exact) mass is 1100 g/mol. The first-order valence-electron chi connectivity index (χ1n) is 26.1. The molecule has 79 heavy (non-hydrogen) atoms. The van der Waals surface area contributed by atoms with E-state index in [4.69, 9.17) is 33.2 Å². The Labute approximate surface area is 461 Å². The molecule has 5 aromatic rings. The number of carbonyl (C=O) groups is 6. The van der Waals surface area contributed by atoms with Crippen molar-refractivity contribution in [2.75, 3.05) is 36.5 Å². The Bertz CT molecular complexity index is 3070. The molecule has 1 fully saturated rings. The van der Waals surface area contributed by atoms with Crippen molar-refractivity contribution in [2.45, 2.75) is 165 Å². The second kappa shape index (κ2) is 23.0. The number of rotatable bonds is 11. The van der Waals surface area contributed by atoms with Crippen LogP contribution in [0.3, 0.4) is 0 Å². The fourth-order valence-electron chi connectivity index (χ4n) is 8.59. The van der Waals surface area contributed by atoms with Crippen LogP contribution in [0, 0.1) is 12.7 Å². The normalized spacial score (nSPS) is 15.5. The third-order valence-electron chi connectivity index (χ3n) is 11.4. The molecule has 2 aromatic heterocycles. The van der Waals surface area contributed by atoms with Gasteiger partial charge >= 0.3 is 30.5 Å². The average molecular weight is 1100 g/mol. The van der Waals surface area contributed by atoms with Crippen molar-refractivity contribution in [1.29, 1.82) is 0 Å². The van der Waals surface area contributed by atoms with Gasteiger partial charge in [-0.2, -0.15) is 10.00 Å². The predicted octanol–water partition coefficient (Wildman–Crippen LogP) is 12.8. The molecule has 1 N–H and O–H groups in total. The number of fused-ring (bicyclic) bond motifs is 1. The number of ketones is 1. The summed E-state index contributed by atoms with van der Waals surface area (Å²) in [5.41, 5.74) is -4.84. The molecule has 0 radical (unpaired) electrons. The molecular formula is C58H76FN7O13. The topological polar surface area (TPSA) is 212 Å². The van der Waals surface area contributed by atoms with Crippen LogP contribution in [0.2, 0.25) is 0 Å². The van der Waals surface area contributed by atoms with Crippen LogP contribution in [-0.2, 0) is 23.7 Å². The summed E-state index contributed by atoms with van der Waals surface area (Å²) >= 11 is 0. The number of ether oxygens (including phenoxy) is 7. The minimum Gasteiger partial charge on any atom is -0.490 e. The Hall–Kier alpha value is -7.68. The quantitative estimate of drug-likeness (QED) is 0.0962. The molecule has 428 valence electrons. The van der Waals surface area contributed by atoms with Crippen LogP contribution in [-0.4, -0.2) is 127 Å². The largest absolute Gasteiger partial charge is 0.490 e. The highest BCUT2D eigenvalue weighted by atomic mass is 19.1. The van der Waals surface area contributed by atoms with Crippen LogP contribution in [0.4, 0.5) is 39.9 Å². The summed E-state index contributed by atoms with van der Waals surface area (Å²) in [6, 6.07) is 14.5. The number of hydrogen-bond donors (Lipinski definition) is 1. The summed E-state index contributed by atoms with van der Waals surface area (Å²) in [5.74, 6) is -1.59. The molecule has 0 bridgehead atoms. The lowest BCUT2D eigenvalue weighted by atomic mass is 10.1. The number of nitrogens with zero attached hydrogens (tertiary/aromatic N) is 6. The number of para-hydroxylation sites is 1. The van der Waals surface area contributed by atoms with Gasteiger partial charge in [-0.05, 0) is 179 Å². The van der Waals surface area contributed by atoms with Crippen molar-refractivity contribution < 1.29 is 66.3 Å². The molecule has 1 aliphatic heterocycles. The first-order valence-corrected chi connectivity index (χ1v) is 26.1. The Kier molecular flexibility index (Phi) is 17.6. The molecule has 21 heteroatoms. The molecule has 2 unspecified atom stereocenters. The lowest BCUT2D eigenvalue weighted by Crippen LogP contribution is -2.59. The van der Waals surface area contributed by atoms with Gasteiger partial charge in [0.25, 0.3) is 0 Å². The Morgan fingerprint density at radius 3 is 1.78 bits per heavy atom. The highest BCUT2D eigenvalue weighted by Gasteiger charge is 2.41. The summed E-state index contributed by atoms with van der Waals surface area (Å²) in [5, 5.41) is 7.62. The molecule has 6 rings (SSSR count). The highest BCUT2D eigenvalue weighted by Crippen LogP contribution is 2.38. The molecule has 3 aromatic carbocycles. The van der Waals surface area contributed by atoms with E-state index in [0.29, 0.717) is 30.1 Å². The number of carbonyl (C=O) groups excluding carboxylic acids is 6. The van der Waals surface area contributed by atoms with Crippen molar-refractivity contribution in [3.63, 3.8) is 0 Å². The summed E-state index contributed by atoms with van der Waals surface area (Å²) in [7, 11) is 0. The Morgan fingerprint density at radius 2 is 1.24 bits per heavy atom. The van der Waals surface area contributed by atoms with Gasteiger partial charge in [0.05, 0.1) is 28.7 Å². The van der Waals surface area contributed by atoms with Gasteiger partial charge in [0, 0.05) is 37.1 Å². The predicted molar refractivity (Wildman–Crippen MR) is 296 cm³/mol. The van der Waals surface area contributed by atoms with Crippen molar-refractivity contribution in [3.05, 3.63) is 89.5 Å². The zero-order chi connectivity index (χ0) is 58.9. The van der Waals surface area contributed by atoms with Gasteiger partial charge in [0.1, 0.15) is 51.8 Å². The molecule has 1 aliphatic rings. The van der Waals surface area contributed by atoms with E-state index in [1.54, 1.807) is 119 Å². The third-order valence-corrected chi connectivity index (χ3v) is 11.4. The third kappa shape index (κ3) is 15.8. The van der Waals surface area contributed by atoms with E-state index in [1.807, 2.05) is 34.6 Å². The van der Waals surface area contributed by atoms with Crippen LogP contribution in [0.1, 0.15) is 139 Å². The minimum absolute atomic E-state index is 0.0357. The average Bonchev–Trinajstić information content (AvgIpc) is 4.14. The van der Waals surface area contributed by atoms with Gasteiger partial charge in [0.15, 0.2) is 17.4 Å². The fourth-order valence-corrected chi connectivity index (χ4v) is 8.59. The molecule has 4 amide bonds. The van der Waals surface area contributed by atoms with E-state index in [2.05, 4.69) is 15.3 Å². The number of benzene rings is 3. The number of nitrogens with one attached hydrogen (secondary N) is 1. The van der Waals surface area contributed by atoms with Gasteiger partial charge in [0.2, 0.25) is 5.78 Å². The Balaban J connectivity index is 1.52. The second-order valence-electron chi connectivity index (χ2n) is 24.5. The molecule has 0 saturated carbocycles. The summed E-state index contributed by atoms with van der Waals surface area (Å²) < 4.78 is 58.0. The first-order chi connectivity index (χ1) is 36.4. The van der Waals surface area contributed by atoms with E-state index >= 15 is 4.79 Å². The van der Waals surface area contributed by atoms with Gasteiger partial charge in [-0.3, -0.25) is 15.0 Å². The number of piperazine rings is 1. The van der Waals surface area contributed by atoms with E-state index < -0.39 is 75.9 Å². The maximum Gasteiger partial charge on any atom is 0.425 e. The van der Waals surface area contributed by atoms with Crippen molar-refractivity contribution in [1.82, 2.24) is 24.1 Å². The molecule has 3 heterocycles. The summed E-state index contributed by atoms with van der Waals surface area (Å²) in [6.07, 6.45) is -3.55. The van der Waals surface area contributed by atoms with Crippen LogP contribution < -0.4 is 19.7 Å². The van der Waals surface area contributed by atoms with Gasteiger partial charge < -0.3 is 38.1 Å². The number of hydrogen-bond acceptors (Lipinski definition) is 15. The number of halogens is 1. The number of aryl methyl sites for hydroxylation is 1. The number of imide groups is 1. The highest BCUT2D eigenvalue weighted by molar-refractivity contribution is 6.20. The standard InChI is InChI=1S/C58H76FN7O13/c1-34-27-38(74-45-22-20-19-21-40(45)59)23-24-42(34)66-48(65(52(71)78-57(13,14)15)53(72)79-58(16,17)18)39(31-60-66)47(67)44-28-37-29-46(73-26-25-62-32-35(2)63(36(3)33-62)50(69)76-55(7,8)9)41(61-49(68)75-54(4,5)6)30-43(37)64(44)51(70)77-56(10,11)12/h19-24,27-31,35-36H,25-26,32-33H2,1-18H3,(H,61,68). The molecule has 1 saturated heterocycles. The maximum absolute atomic E-state index is 15.7. The smallest absolute Gasteiger partial charge is 0.425 e. The number of anilines is 2. The number of aromatic nitrogens is 3. The van der Waals surface area contributed by atoms with Crippen LogP contribution >= 0.6 is 0 Å². The number of amides is 4. The summed E-state index contributed by atoms with van der Waals surface area (Å²) in [4.78, 5) is 90.5. The maximum atomic E-state index is 15.7. The van der Waals surface area contributed by atoms with Gasteiger partial charge in [-0.25, -0.2) is 37.6 Å². The molecule has 0 aliphatic carbocycles. The second-order valence-corrected chi connectivity index (χ2v) is 24.5. The first kappa shape index (κ1) is 60.5. The zero-order valence-corrected chi connectivity index (χ0v) is 48.7. The van der Waals surface area contributed by atoms with Crippen molar-refractivity contribution >= 4 is 58.7 Å². The zero-order valence-electron chi connectivity index (χ0n) is 48.7. The summed E-state index contributed by atoms with van der Waals surface area (Å²) in [6.45, 7) is 32.2. The minimum atomic E-state index is -1.23. The van der Waals surface area contributed by atoms with Crippen molar-refractivity contribution in [2.24, 2.45) is 0 Å². The molecule has 0 spiro atoms. The van der Waals surface area contributed by atoms with Crippen LogP contribution in [0.5, 0.6) is 17.2 Å².